The molecule has 0 saturated heterocycles. The van der Waals surface area contributed by atoms with Crippen LogP contribution in [0, 0.1) is 17.2 Å². The standard InChI is InChI=1S/C24H25FN4O4/c1-13(20-19(33-2)4-3-7-26-20)27-21(30)18(12-24-9-14(10-24)11-24)29-22(31)16-8-15(25)5-6-17(16)28-23(29)32/h3-8,13-14,18H,9-12H2,1-2H3,(H,27,30)(H,28,32)/t13-,14?,18-,24?/m1/s1. The maximum absolute atomic E-state index is 13.8. The van der Waals surface area contributed by atoms with Gasteiger partial charge in [-0.05, 0) is 74.3 Å². The molecule has 2 atom stereocenters. The van der Waals surface area contributed by atoms with E-state index in [0.29, 0.717) is 23.8 Å². The van der Waals surface area contributed by atoms with Crippen molar-refractivity contribution in [3.8, 4) is 5.75 Å². The fourth-order valence-electron chi connectivity index (χ4n) is 5.38. The van der Waals surface area contributed by atoms with Crippen molar-refractivity contribution >= 4 is 16.8 Å². The second-order valence-electron chi connectivity index (χ2n) is 9.31. The van der Waals surface area contributed by atoms with Gasteiger partial charge in [-0.15, -0.1) is 0 Å². The summed E-state index contributed by atoms with van der Waals surface area (Å²) in [7, 11) is 1.52. The number of pyridine rings is 1. The second-order valence-corrected chi connectivity index (χ2v) is 9.31. The molecule has 0 unspecified atom stereocenters. The minimum absolute atomic E-state index is 0.0264. The maximum atomic E-state index is 13.8. The largest absolute Gasteiger partial charge is 0.495 e. The van der Waals surface area contributed by atoms with E-state index in [1.807, 2.05) is 0 Å². The van der Waals surface area contributed by atoms with Crippen molar-refractivity contribution in [3.05, 3.63) is 68.9 Å². The Morgan fingerprint density at radius 1 is 1.33 bits per heavy atom. The highest BCUT2D eigenvalue weighted by Crippen LogP contribution is 2.67. The van der Waals surface area contributed by atoms with Crippen LogP contribution >= 0.6 is 0 Å². The van der Waals surface area contributed by atoms with Crippen molar-refractivity contribution in [1.82, 2.24) is 19.9 Å². The van der Waals surface area contributed by atoms with Crippen LogP contribution < -0.4 is 21.3 Å². The Kier molecular flexibility index (Phi) is 5.07. The normalized spacial score (nSPS) is 22.7. The molecular weight excluding hydrogens is 427 g/mol. The third-order valence-electron chi connectivity index (χ3n) is 7.09. The highest BCUT2D eigenvalue weighted by atomic mass is 19.1. The number of H-pyrrole nitrogens is 1. The fourth-order valence-corrected chi connectivity index (χ4v) is 5.38. The first-order valence-corrected chi connectivity index (χ1v) is 11.0. The van der Waals surface area contributed by atoms with Crippen LogP contribution in [0.15, 0.2) is 46.1 Å². The molecule has 6 rings (SSSR count). The maximum Gasteiger partial charge on any atom is 0.329 e. The molecular formula is C24H25FN4O4. The number of nitrogens with zero attached hydrogens (tertiary/aromatic N) is 2. The molecule has 2 heterocycles. The zero-order chi connectivity index (χ0) is 23.3. The molecule has 1 aromatic carbocycles. The molecule has 9 heteroatoms. The van der Waals surface area contributed by atoms with E-state index < -0.39 is 35.1 Å². The molecule has 0 spiro atoms. The minimum Gasteiger partial charge on any atom is -0.495 e. The first-order valence-electron chi connectivity index (χ1n) is 11.0. The van der Waals surface area contributed by atoms with Gasteiger partial charge in [0.2, 0.25) is 5.91 Å². The molecule has 172 valence electrons. The van der Waals surface area contributed by atoms with Crippen LogP contribution in [0.4, 0.5) is 4.39 Å². The van der Waals surface area contributed by atoms with Crippen LogP contribution in [-0.2, 0) is 4.79 Å². The number of fused-ring (bicyclic) bond motifs is 1. The predicted molar refractivity (Wildman–Crippen MR) is 120 cm³/mol. The van der Waals surface area contributed by atoms with Gasteiger partial charge < -0.3 is 15.0 Å². The molecule has 0 radical (unpaired) electrons. The predicted octanol–water partition coefficient (Wildman–Crippen LogP) is 2.84. The summed E-state index contributed by atoms with van der Waals surface area (Å²) in [6.07, 6.45) is 4.97. The van der Waals surface area contributed by atoms with E-state index in [0.717, 1.165) is 29.9 Å². The third kappa shape index (κ3) is 3.61. The van der Waals surface area contributed by atoms with Crippen LogP contribution in [0.2, 0.25) is 0 Å². The number of halogens is 1. The number of aromatic amines is 1. The lowest BCUT2D eigenvalue weighted by molar-refractivity contribution is -0.140. The van der Waals surface area contributed by atoms with E-state index in [2.05, 4.69) is 15.3 Å². The Morgan fingerprint density at radius 3 is 2.76 bits per heavy atom. The van der Waals surface area contributed by atoms with Gasteiger partial charge in [0, 0.05) is 6.20 Å². The summed E-state index contributed by atoms with van der Waals surface area (Å²) in [6.45, 7) is 1.77. The van der Waals surface area contributed by atoms with Gasteiger partial charge in [-0.2, -0.15) is 0 Å². The highest BCUT2D eigenvalue weighted by molar-refractivity contribution is 5.82. The van der Waals surface area contributed by atoms with E-state index in [9.17, 15) is 18.8 Å². The summed E-state index contributed by atoms with van der Waals surface area (Å²) >= 11 is 0. The Hall–Kier alpha value is -3.49. The molecule has 3 aromatic rings. The van der Waals surface area contributed by atoms with Gasteiger partial charge in [0.25, 0.3) is 5.56 Å². The van der Waals surface area contributed by atoms with E-state index in [1.54, 1.807) is 25.3 Å². The molecule has 2 bridgehead atoms. The number of ether oxygens (including phenoxy) is 1. The summed E-state index contributed by atoms with van der Waals surface area (Å²) in [5.74, 6) is 0.154. The lowest BCUT2D eigenvalue weighted by atomic mass is 9.43. The van der Waals surface area contributed by atoms with Gasteiger partial charge >= 0.3 is 5.69 Å². The summed E-state index contributed by atoms with van der Waals surface area (Å²) in [5, 5.41) is 2.94. The van der Waals surface area contributed by atoms with Crippen molar-refractivity contribution in [3.63, 3.8) is 0 Å². The smallest absolute Gasteiger partial charge is 0.329 e. The van der Waals surface area contributed by atoms with Gasteiger partial charge in [0.05, 0.1) is 24.1 Å². The average molecular weight is 452 g/mol. The number of methoxy groups -OCH3 is 1. The highest BCUT2D eigenvalue weighted by Gasteiger charge is 2.57. The summed E-state index contributed by atoms with van der Waals surface area (Å²) in [5.41, 5.74) is -0.614. The SMILES string of the molecule is COc1cccnc1[C@@H](C)NC(=O)[C@@H](CC12CC(C1)C2)n1c(=O)[nH]c2ccc(F)cc2c1=O. The molecule has 2 N–H and O–H groups in total. The zero-order valence-electron chi connectivity index (χ0n) is 18.4. The van der Waals surface area contributed by atoms with Crippen LogP contribution in [0.3, 0.4) is 0 Å². The molecule has 8 nitrogen and oxygen atoms in total. The second kappa shape index (κ2) is 7.83. The molecule has 33 heavy (non-hydrogen) atoms. The Labute approximate surface area is 188 Å². The molecule has 2 aromatic heterocycles. The number of carbonyl (C=O) groups excluding carboxylic acids is 1. The van der Waals surface area contributed by atoms with Crippen molar-refractivity contribution in [2.24, 2.45) is 11.3 Å². The van der Waals surface area contributed by atoms with Gasteiger partial charge in [-0.3, -0.25) is 14.6 Å². The lowest BCUT2D eigenvalue weighted by Gasteiger charge is -2.63. The van der Waals surface area contributed by atoms with E-state index in [1.165, 1.54) is 19.2 Å². The zero-order valence-corrected chi connectivity index (χ0v) is 18.4. The molecule has 3 fully saturated rings. The number of hydrogen-bond donors (Lipinski definition) is 2. The number of amides is 1. The van der Waals surface area contributed by atoms with Crippen molar-refractivity contribution < 1.29 is 13.9 Å². The molecule has 0 aliphatic heterocycles. The van der Waals surface area contributed by atoms with Crippen molar-refractivity contribution in [2.75, 3.05) is 7.11 Å². The fraction of sp³-hybridized carbons (Fsp3) is 0.417. The first-order chi connectivity index (χ1) is 15.8. The van der Waals surface area contributed by atoms with Crippen LogP contribution in [0.5, 0.6) is 5.75 Å². The Bertz CT molecular complexity index is 1350. The van der Waals surface area contributed by atoms with Gasteiger partial charge in [-0.1, -0.05) is 0 Å². The number of hydrogen-bond acceptors (Lipinski definition) is 5. The summed E-state index contributed by atoms with van der Waals surface area (Å²) < 4.78 is 20.1. The van der Waals surface area contributed by atoms with Crippen molar-refractivity contribution in [2.45, 2.75) is 44.7 Å². The number of aromatic nitrogens is 3. The number of rotatable bonds is 7. The average Bonchev–Trinajstić information content (AvgIpc) is 2.74. The monoisotopic (exact) mass is 452 g/mol. The van der Waals surface area contributed by atoms with Crippen molar-refractivity contribution in [1.29, 1.82) is 0 Å². The summed E-state index contributed by atoms with van der Waals surface area (Å²) in [6, 6.07) is 5.55. The Morgan fingerprint density at radius 2 is 2.09 bits per heavy atom. The first kappa shape index (κ1) is 21.4. The molecule has 3 aliphatic rings. The van der Waals surface area contributed by atoms with E-state index >= 15 is 0 Å². The number of nitrogens with one attached hydrogen (secondary N) is 2. The Balaban J connectivity index is 1.53. The lowest BCUT2D eigenvalue weighted by Crippen LogP contribution is -2.55. The van der Waals surface area contributed by atoms with Gasteiger partial charge in [-0.25, -0.2) is 13.8 Å². The molecule has 3 aliphatic carbocycles. The van der Waals surface area contributed by atoms with Crippen LogP contribution in [0.25, 0.3) is 10.9 Å². The summed E-state index contributed by atoms with van der Waals surface area (Å²) in [4.78, 5) is 46.7. The topological polar surface area (TPSA) is 106 Å². The van der Waals surface area contributed by atoms with Gasteiger partial charge in [0.15, 0.2) is 0 Å². The van der Waals surface area contributed by atoms with E-state index in [4.69, 9.17) is 4.74 Å². The van der Waals surface area contributed by atoms with Crippen LogP contribution in [-0.4, -0.2) is 27.6 Å². The van der Waals surface area contributed by atoms with E-state index in [-0.39, 0.29) is 16.3 Å². The quantitative estimate of drug-likeness (QED) is 0.573. The molecule has 1 amide bonds. The number of carbonyl (C=O) groups is 1. The molecule has 3 saturated carbocycles. The number of benzene rings is 1. The third-order valence-corrected chi connectivity index (χ3v) is 7.09. The van der Waals surface area contributed by atoms with Crippen LogP contribution in [0.1, 0.15) is 50.4 Å². The van der Waals surface area contributed by atoms with Gasteiger partial charge in [0.1, 0.15) is 23.3 Å². The minimum atomic E-state index is -1.02.